The molecular weight excluding hydrogens is 200 g/mol. The van der Waals surface area contributed by atoms with Crippen molar-refractivity contribution in [3.05, 3.63) is 29.3 Å². The summed E-state index contributed by atoms with van der Waals surface area (Å²) < 4.78 is 31.3. The van der Waals surface area contributed by atoms with Gasteiger partial charge in [-0.05, 0) is 0 Å². The van der Waals surface area contributed by atoms with Crippen molar-refractivity contribution in [2.45, 2.75) is 6.42 Å². The summed E-state index contributed by atoms with van der Waals surface area (Å²) in [6, 6.07) is 2.19. The van der Waals surface area contributed by atoms with Crippen LogP contribution in [0.3, 0.4) is 0 Å². The third kappa shape index (κ3) is 2.93. The van der Waals surface area contributed by atoms with Gasteiger partial charge in [-0.25, -0.2) is 8.78 Å². The van der Waals surface area contributed by atoms with Gasteiger partial charge in [0.15, 0.2) is 0 Å². The van der Waals surface area contributed by atoms with E-state index in [0.717, 1.165) is 12.1 Å². The molecule has 0 bridgehead atoms. The van der Waals surface area contributed by atoms with Crippen LogP contribution in [0.2, 0.25) is 0 Å². The summed E-state index contributed by atoms with van der Waals surface area (Å²) in [5, 5.41) is 0. The SMILES string of the molecule is COc1cc(F)c(C#CCCN)c(F)c1. The molecule has 0 amide bonds. The second kappa shape index (κ2) is 5.32. The fourth-order valence-corrected chi connectivity index (χ4v) is 1.01. The van der Waals surface area contributed by atoms with Crippen molar-refractivity contribution in [1.82, 2.24) is 0 Å². The van der Waals surface area contributed by atoms with Gasteiger partial charge in [0.2, 0.25) is 0 Å². The Morgan fingerprint density at radius 3 is 2.40 bits per heavy atom. The van der Waals surface area contributed by atoms with Crippen LogP contribution in [-0.2, 0) is 0 Å². The molecule has 0 aliphatic rings. The minimum atomic E-state index is -0.726. The van der Waals surface area contributed by atoms with Gasteiger partial charge in [-0.3, -0.25) is 0 Å². The van der Waals surface area contributed by atoms with Crippen LogP contribution in [0.1, 0.15) is 12.0 Å². The van der Waals surface area contributed by atoms with Crippen molar-refractivity contribution >= 4 is 0 Å². The van der Waals surface area contributed by atoms with Crippen molar-refractivity contribution < 1.29 is 13.5 Å². The normalized spacial score (nSPS) is 9.33. The molecule has 4 heteroatoms. The van der Waals surface area contributed by atoms with Crippen LogP contribution in [0.15, 0.2) is 12.1 Å². The number of halogens is 2. The maximum absolute atomic E-state index is 13.3. The first-order valence-electron chi connectivity index (χ1n) is 4.41. The molecule has 0 spiro atoms. The first-order valence-corrected chi connectivity index (χ1v) is 4.41. The molecule has 0 radical (unpaired) electrons. The van der Waals surface area contributed by atoms with Gasteiger partial charge >= 0.3 is 0 Å². The highest BCUT2D eigenvalue weighted by atomic mass is 19.1. The van der Waals surface area contributed by atoms with Crippen LogP contribution in [0, 0.1) is 23.5 Å². The molecule has 1 rings (SSSR count). The molecule has 0 fully saturated rings. The summed E-state index contributed by atoms with van der Waals surface area (Å²) in [5.41, 5.74) is 4.96. The number of hydrogen-bond donors (Lipinski definition) is 1. The number of ether oxygens (including phenoxy) is 1. The van der Waals surface area contributed by atoms with E-state index in [1.54, 1.807) is 0 Å². The lowest BCUT2D eigenvalue weighted by molar-refractivity contribution is 0.406. The Kier molecular flexibility index (Phi) is 4.07. The van der Waals surface area contributed by atoms with Crippen LogP contribution < -0.4 is 10.5 Å². The average molecular weight is 211 g/mol. The van der Waals surface area contributed by atoms with Crippen molar-refractivity contribution in [2.24, 2.45) is 5.73 Å². The number of nitrogens with two attached hydrogens (primary N) is 1. The van der Waals surface area contributed by atoms with E-state index in [0.29, 0.717) is 13.0 Å². The summed E-state index contributed by atoms with van der Waals surface area (Å²) in [5.74, 6) is 3.66. The van der Waals surface area contributed by atoms with Gasteiger partial charge in [-0.2, -0.15) is 0 Å². The summed E-state index contributed by atoms with van der Waals surface area (Å²) in [6.45, 7) is 0.367. The maximum Gasteiger partial charge on any atom is 0.145 e. The summed E-state index contributed by atoms with van der Waals surface area (Å²) in [4.78, 5) is 0. The molecule has 1 aromatic rings. The van der Waals surface area contributed by atoms with Gasteiger partial charge in [0, 0.05) is 25.1 Å². The van der Waals surface area contributed by atoms with Gasteiger partial charge in [0.25, 0.3) is 0 Å². The Bertz CT molecular complexity index is 384. The molecular formula is C11H11F2NO. The fourth-order valence-electron chi connectivity index (χ4n) is 1.01. The molecule has 2 nitrogen and oxygen atoms in total. The second-order valence-electron chi connectivity index (χ2n) is 2.81. The summed E-state index contributed by atoms with van der Waals surface area (Å²) in [7, 11) is 1.34. The van der Waals surface area contributed by atoms with Crippen LogP contribution in [0.5, 0.6) is 5.75 Å². The Labute approximate surface area is 87.0 Å². The zero-order valence-corrected chi connectivity index (χ0v) is 8.31. The summed E-state index contributed by atoms with van der Waals surface area (Å²) >= 11 is 0. The Hall–Kier alpha value is -1.60. The minimum absolute atomic E-state index is 0.134. The van der Waals surface area contributed by atoms with Crippen molar-refractivity contribution in [1.29, 1.82) is 0 Å². The lowest BCUT2D eigenvalue weighted by Gasteiger charge is -2.02. The molecule has 15 heavy (non-hydrogen) atoms. The molecule has 0 saturated carbocycles. The predicted molar refractivity (Wildman–Crippen MR) is 53.5 cm³/mol. The predicted octanol–water partition coefficient (Wildman–Crippen LogP) is 1.67. The molecule has 0 saturated heterocycles. The molecule has 0 unspecified atom stereocenters. The van der Waals surface area contributed by atoms with E-state index in [1.807, 2.05) is 0 Å². The molecule has 0 aliphatic heterocycles. The largest absolute Gasteiger partial charge is 0.497 e. The first kappa shape index (κ1) is 11.5. The van der Waals surface area contributed by atoms with E-state index >= 15 is 0 Å². The molecule has 0 aromatic heterocycles. The topological polar surface area (TPSA) is 35.2 Å². The minimum Gasteiger partial charge on any atom is -0.497 e. The highest BCUT2D eigenvalue weighted by Gasteiger charge is 2.08. The molecule has 0 atom stereocenters. The molecule has 0 heterocycles. The van der Waals surface area contributed by atoms with Gasteiger partial charge in [0.1, 0.15) is 17.4 Å². The zero-order valence-electron chi connectivity index (χ0n) is 8.31. The second-order valence-corrected chi connectivity index (χ2v) is 2.81. The standard InChI is InChI=1S/C11H11F2NO/c1-15-8-6-10(12)9(11(13)7-8)4-2-3-5-14/h6-7H,3,5,14H2,1H3. The molecule has 0 aliphatic carbocycles. The highest BCUT2D eigenvalue weighted by Crippen LogP contribution is 2.19. The quantitative estimate of drug-likeness (QED) is 0.755. The summed E-state index contributed by atoms with van der Waals surface area (Å²) in [6.07, 6.45) is 0.408. The molecule has 2 N–H and O–H groups in total. The zero-order chi connectivity index (χ0) is 11.3. The number of rotatable bonds is 2. The van der Waals surface area contributed by atoms with Gasteiger partial charge in [-0.15, -0.1) is 0 Å². The van der Waals surface area contributed by atoms with Crippen molar-refractivity contribution in [3.8, 4) is 17.6 Å². The van der Waals surface area contributed by atoms with Gasteiger partial charge in [0.05, 0.1) is 12.7 Å². The van der Waals surface area contributed by atoms with Crippen molar-refractivity contribution in [2.75, 3.05) is 13.7 Å². The fraction of sp³-hybridized carbons (Fsp3) is 0.273. The smallest absolute Gasteiger partial charge is 0.145 e. The van der Waals surface area contributed by atoms with Gasteiger partial charge < -0.3 is 10.5 Å². The van der Waals surface area contributed by atoms with E-state index in [2.05, 4.69) is 11.8 Å². The van der Waals surface area contributed by atoms with Crippen LogP contribution >= 0.6 is 0 Å². The Balaban J connectivity index is 3.05. The monoisotopic (exact) mass is 211 g/mol. The van der Waals surface area contributed by atoms with Crippen molar-refractivity contribution in [3.63, 3.8) is 0 Å². The highest BCUT2D eigenvalue weighted by molar-refractivity contribution is 5.41. The molecule has 1 aromatic carbocycles. The third-order valence-corrected chi connectivity index (χ3v) is 1.73. The van der Waals surface area contributed by atoms with Crippen LogP contribution in [0.4, 0.5) is 8.78 Å². The Morgan fingerprint density at radius 2 is 1.93 bits per heavy atom. The third-order valence-electron chi connectivity index (χ3n) is 1.73. The number of hydrogen-bond acceptors (Lipinski definition) is 2. The van der Waals surface area contributed by atoms with Crippen LogP contribution in [-0.4, -0.2) is 13.7 Å². The van der Waals surface area contributed by atoms with E-state index < -0.39 is 11.6 Å². The van der Waals surface area contributed by atoms with Crippen LogP contribution in [0.25, 0.3) is 0 Å². The lowest BCUT2D eigenvalue weighted by atomic mass is 10.2. The Morgan fingerprint density at radius 1 is 1.33 bits per heavy atom. The maximum atomic E-state index is 13.3. The first-order chi connectivity index (χ1) is 7.19. The average Bonchev–Trinajstić information content (AvgIpc) is 2.22. The van der Waals surface area contributed by atoms with E-state index in [9.17, 15) is 8.78 Å². The number of benzene rings is 1. The molecule has 80 valence electrons. The number of methoxy groups -OCH3 is 1. The van der Waals surface area contributed by atoms with E-state index in [-0.39, 0.29) is 11.3 Å². The van der Waals surface area contributed by atoms with E-state index in [4.69, 9.17) is 10.5 Å². The van der Waals surface area contributed by atoms with Gasteiger partial charge in [-0.1, -0.05) is 11.8 Å². The lowest BCUT2D eigenvalue weighted by Crippen LogP contribution is -1.96. The van der Waals surface area contributed by atoms with E-state index in [1.165, 1.54) is 7.11 Å².